The lowest BCUT2D eigenvalue weighted by molar-refractivity contribution is -0.116. The molecule has 0 saturated carbocycles. The Hall–Kier alpha value is -3.02. The first-order chi connectivity index (χ1) is 11.7. The molecule has 1 aliphatic heterocycles. The molecular weight excluding hydrogens is 306 g/mol. The predicted molar refractivity (Wildman–Crippen MR) is 90.3 cm³/mol. The van der Waals surface area contributed by atoms with Gasteiger partial charge in [0.05, 0.1) is 11.0 Å². The second-order valence-electron chi connectivity index (χ2n) is 5.57. The number of hydrogen-bond donors (Lipinski definition) is 1. The van der Waals surface area contributed by atoms with Gasteiger partial charge >= 0.3 is 0 Å². The fourth-order valence-electron chi connectivity index (χ4n) is 2.89. The summed E-state index contributed by atoms with van der Waals surface area (Å²) in [5.41, 5.74) is 2.56. The Morgan fingerprint density at radius 1 is 1.21 bits per heavy atom. The van der Waals surface area contributed by atoms with Crippen LogP contribution in [-0.4, -0.2) is 22.3 Å². The third kappa shape index (κ3) is 2.56. The van der Waals surface area contributed by atoms with E-state index in [1.807, 2.05) is 35.8 Å². The number of aryl methyl sites for hydroxylation is 1. The minimum Gasteiger partial charge on any atom is -0.454 e. The summed E-state index contributed by atoms with van der Waals surface area (Å²) in [4.78, 5) is 17.0. The van der Waals surface area contributed by atoms with Crippen molar-refractivity contribution in [2.75, 3.05) is 12.1 Å². The molecular formula is C18H17N3O3. The van der Waals surface area contributed by atoms with Crippen LogP contribution in [0.3, 0.4) is 0 Å². The molecule has 2 aromatic carbocycles. The summed E-state index contributed by atoms with van der Waals surface area (Å²) in [6.07, 6.45) is 0.770. The lowest BCUT2D eigenvalue weighted by Gasteiger charge is -2.09. The fraction of sp³-hybridized carbons (Fsp3) is 0.222. The van der Waals surface area contributed by atoms with Crippen LogP contribution in [-0.2, 0) is 17.8 Å². The van der Waals surface area contributed by atoms with E-state index in [1.165, 1.54) is 0 Å². The lowest BCUT2D eigenvalue weighted by atomic mass is 10.2. The second kappa shape index (κ2) is 5.88. The van der Waals surface area contributed by atoms with Gasteiger partial charge in [0.15, 0.2) is 11.5 Å². The molecule has 1 aromatic heterocycles. The van der Waals surface area contributed by atoms with Crippen molar-refractivity contribution in [1.29, 1.82) is 0 Å². The highest BCUT2D eigenvalue weighted by molar-refractivity contribution is 5.92. The van der Waals surface area contributed by atoms with Crippen molar-refractivity contribution in [3.63, 3.8) is 0 Å². The van der Waals surface area contributed by atoms with Gasteiger partial charge in [-0.3, -0.25) is 4.79 Å². The number of carbonyl (C=O) groups excluding carboxylic acids is 1. The third-order valence-electron chi connectivity index (χ3n) is 4.01. The number of fused-ring (bicyclic) bond motifs is 2. The summed E-state index contributed by atoms with van der Waals surface area (Å²) in [7, 11) is 0. The molecule has 1 aliphatic rings. The third-order valence-corrected chi connectivity index (χ3v) is 4.01. The Labute approximate surface area is 139 Å². The van der Waals surface area contributed by atoms with Gasteiger partial charge < -0.3 is 19.4 Å². The molecule has 0 spiro atoms. The Morgan fingerprint density at radius 2 is 2.04 bits per heavy atom. The summed E-state index contributed by atoms with van der Waals surface area (Å²) in [6, 6.07) is 13.2. The first kappa shape index (κ1) is 14.6. The molecule has 0 saturated heterocycles. The zero-order valence-corrected chi connectivity index (χ0v) is 13.3. The molecule has 0 fully saturated rings. The van der Waals surface area contributed by atoms with E-state index in [9.17, 15) is 4.79 Å². The maximum Gasteiger partial charge on any atom is 0.244 e. The molecule has 0 atom stereocenters. The second-order valence-corrected chi connectivity index (χ2v) is 5.57. The van der Waals surface area contributed by atoms with Crippen LogP contribution in [0.25, 0.3) is 11.0 Å². The van der Waals surface area contributed by atoms with Crippen molar-refractivity contribution in [2.45, 2.75) is 19.9 Å². The average Bonchev–Trinajstić information content (AvgIpc) is 3.19. The van der Waals surface area contributed by atoms with E-state index < -0.39 is 0 Å². The number of nitrogens with one attached hydrogen (secondary N) is 1. The number of para-hydroxylation sites is 2. The van der Waals surface area contributed by atoms with Crippen molar-refractivity contribution in [3.8, 4) is 11.5 Å². The van der Waals surface area contributed by atoms with Crippen LogP contribution in [0, 0.1) is 0 Å². The van der Waals surface area contributed by atoms with Gasteiger partial charge in [-0.25, -0.2) is 4.98 Å². The number of rotatable bonds is 4. The van der Waals surface area contributed by atoms with E-state index in [0.717, 1.165) is 23.3 Å². The van der Waals surface area contributed by atoms with Crippen molar-refractivity contribution in [2.24, 2.45) is 0 Å². The smallest absolute Gasteiger partial charge is 0.244 e. The predicted octanol–water partition coefficient (Wildman–Crippen LogP) is 2.97. The van der Waals surface area contributed by atoms with Crippen molar-refractivity contribution in [3.05, 3.63) is 48.3 Å². The van der Waals surface area contributed by atoms with Crippen LogP contribution in [0.4, 0.5) is 5.69 Å². The van der Waals surface area contributed by atoms with Crippen LogP contribution in [0.1, 0.15) is 12.7 Å². The molecule has 3 aromatic rings. The summed E-state index contributed by atoms with van der Waals surface area (Å²) < 4.78 is 12.6. The first-order valence-electron chi connectivity index (χ1n) is 7.88. The number of anilines is 1. The highest BCUT2D eigenvalue weighted by atomic mass is 16.7. The van der Waals surface area contributed by atoms with Gasteiger partial charge in [-0.2, -0.15) is 0 Å². The van der Waals surface area contributed by atoms with Gasteiger partial charge in [0.2, 0.25) is 12.7 Å². The summed E-state index contributed by atoms with van der Waals surface area (Å²) in [5, 5.41) is 2.90. The summed E-state index contributed by atoms with van der Waals surface area (Å²) in [6.45, 7) is 2.47. The van der Waals surface area contributed by atoms with Gasteiger partial charge in [0.25, 0.3) is 0 Å². The molecule has 1 amide bonds. The minimum atomic E-state index is -0.105. The number of amides is 1. The van der Waals surface area contributed by atoms with E-state index in [-0.39, 0.29) is 19.2 Å². The molecule has 4 rings (SSSR count). The van der Waals surface area contributed by atoms with Crippen LogP contribution in [0.5, 0.6) is 11.5 Å². The quantitative estimate of drug-likeness (QED) is 0.801. The number of nitrogens with zero attached hydrogens (tertiary/aromatic N) is 2. The van der Waals surface area contributed by atoms with Crippen LogP contribution < -0.4 is 14.8 Å². The van der Waals surface area contributed by atoms with Crippen molar-refractivity contribution in [1.82, 2.24) is 9.55 Å². The van der Waals surface area contributed by atoms with Gasteiger partial charge in [0, 0.05) is 18.2 Å². The van der Waals surface area contributed by atoms with Gasteiger partial charge in [0.1, 0.15) is 12.4 Å². The fourth-order valence-corrected chi connectivity index (χ4v) is 2.89. The molecule has 6 nitrogen and oxygen atoms in total. The molecule has 0 aliphatic carbocycles. The molecule has 1 N–H and O–H groups in total. The van der Waals surface area contributed by atoms with E-state index in [1.54, 1.807) is 18.2 Å². The standard InChI is InChI=1S/C18H17N3O3/c1-2-17-20-13-5-3-4-6-14(13)21(17)10-18(22)19-12-7-8-15-16(9-12)24-11-23-15/h3-9H,2,10-11H2,1H3,(H,19,22). The highest BCUT2D eigenvalue weighted by Crippen LogP contribution is 2.34. The Kier molecular flexibility index (Phi) is 3.57. The van der Waals surface area contributed by atoms with Gasteiger partial charge in [-0.05, 0) is 24.3 Å². The lowest BCUT2D eigenvalue weighted by Crippen LogP contribution is -2.20. The number of benzene rings is 2. The van der Waals surface area contributed by atoms with Gasteiger partial charge in [-0.15, -0.1) is 0 Å². The summed E-state index contributed by atoms with van der Waals surface area (Å²) in [5.74, 6) is 2.14. The zero-order valence-electron chi connectivity index (χ0n) is 13.3. The van der Waals surface area contributed by atoms with Crippen molar-refractivity contribution < 1.29 is 14.3 Å². The molecule has 0 radical (unpaired) electrons. The highest BCUT2D eigenvalue weighted by Gasteiger charge is 2.16. The molecule has 2 heterocycles. The van der Waals surface area contributed by atoms with Gasteiger partial charge in [-0.1, -0.05) is 19.1 Å². The van der Waals surface area contributed by atoms with Crippen molar-refractivity contribution >= 4 is 22.6 Å². The maximum atomic E-state index is 12.5. The number of carbonyl (C=O) groups is 1. The number of hydrogen-bond acceptors (Lipinski definition) is 4. The topological polar surface area (TPSA) is 65.4 Å². The molecule has 0 bridgehead atoms. The van der Waals surface area contributed by atoms with Crippen LogP contribution in [0.15, 0.2) is 42.5 Å². The number of imidazole rings is 1. The molecule has 6 heteroatoms. The van der Waals surface area contributed by atoms with E-state index in [2.05, 4.69) is 10.3 Å². The molecule has 122 valence electrons. The Bertz CT molecular complexity index is 917. The zero-order chi connectivity index (χ0) is 16.5. The molecule has 24 heavy (non-hydrogen) atoms. The summed E-state index contributed by atoms with van der Waals surface area (Å²) >= 11 is 0. The van der Waals surface area contributed by atoms with E-state index in [0.29, 0.717) is 17.2 Å². The van der Waals surface area contributed by atoms with E-state index in [4.69, 9.17) is 9.47 Å². The molecule has 0 unspecified atom stereocenters. The van der Waals surface area contributed by atoms with E-state index >= 15 is 0 Å². The average molecular weight is 323 g/mol. The van der Waals surface area contributed by atoms with Crippen LogP contribution >= 0.6 is 0 Å². The minimum absolute atomic E-state index is 0.105. The largest absolute Gasteiger partial charge is 0.454 e. The number of aromatic nitrogens is 2. The normalized spacial score (nSPS) is 12.5. The Balaban J connectivity index is 1.56. The first-order valence-corrected chi connectivity index (χ1v) is 7.88. The maximum absolute atomic E-state index is 12.5. The monoisotopic (exact) mass is 323 g/mol. The SMILES string of the molecule is CCc1nc2ccccc2n1CC(=O)Nc1ccc2c(c1)OCO2. The van der Waals surface area contributed by atoms with Crippen LogP contribution in [0.2, 0.25) is 0 Å². The number of ether oxygens (including phenoxy) is 2. The Morgan fingerprint density at radius 3 is 2.92 bits per heavy atom.